The maximum Gasteiger partial charge on any atom is 0.174 e. The normalized spacial score (nSPS) is 11.0. The largest absolute Gasteiger partial charge is 0.381 e. The van der Waals surface area contributed by atoms with Crippen LogP contribution in [0.5, 0.6) is 0 Å². The molecule has 0 aliphatic carbocycles. The molecule has 3 aromatic rings. The maximum absolute atomic E-state index is 5.98. The summed E-state index contributed by atoms with van der Waals surface area (Å²) in [5.74, 6) is 1.51. The van der Waals surface area contributed by atoms with Gasteiger partial charge in [0.2, 0.25) is 0 Å². The third-order valence-electron chi connectivity index (χ3n) is 3.44. The third-order valence-corrected chi connectivity index (χ3v) is 3.44. The summed E-state index contributed by atoms with van der Waals surface area (Å²) in [6, 6.07) is 16.0. The zero-order valence-electron chi connectivity index (χ0n) is 12.2. The second-order valence-electron chi connectivity index (χ2n) is 5.35. The van der Waals surface area contributed by atoms with Crippen LogP contribution in [0.1, 0.15) is 25.3 Å². The van der Waals surface area contributed by atoms with Gasteiger partial charge in [-0.25, -0.2) is 9.97 Å². The molecule has 1 aromatic heterocycles. The second-order valence-corrected chi connectivity index (χ2v) is 5.35. The Morgan fingerprint density at radius 2 is 1.52 bits per heavy atom. The molecule has 0 fully saturated rings. The number of fused-ring (bicyclic) bond motifs is 1. The van der Waals surface area contributed by atoms with Gasteiger partial charge in [-0.2, -0.15) is 0 Å². The Balaban J connectivity index is 1.92. The minimum atomic E-state index is 0.404. The Morgan fingerprint density at radius 1 is 0.905 bits per heavy atom. The predicted octanol–water partition coefficient (Wildman–Crippen LogP) is 4.08. The molecular formula is C17H18N4. The topological polar surface area (TPSA) is 63.8 Å². The van der Waals surface area contributed by atoms with E-state index < -0.39 is 0 Å². The first-order valence-electron chi connectivity index (χ1n) is 7.03. The van der Waals surface area contributed by atoms with E-state index in [1.165, 1.54) is 5.56 Å². The molecule has 0 radical (unpaired) electrons. The van der Waals surface area contributed by atoms with Crippen LogP contribution in [0.4, 0.5) is 17.3 Å². The summed E-state index contributed by atoms with van der Waals surface area (Å²) in [4.78, 5) is 8.90. The zero-order chi connectivity index (χ0) is 14.8. The van der Waals surface area contributed by atoms with Crippen molar-refractivity contribution in [2.45, 2.75) is 19.8 Å². The molecule has 4 nitrogen and oxygen atoms in total. The quantitative estimate of drug-likeness (QED) is 0.757. The van der Waals surface area contributed by atoms with E-state index in [1.807, 2.05) is 36.4 Å². The van der Waals surface area contributed by atoms with E-state index >= 15 is 0 Å². The first-order valence-corrected chi connectivity index (χ1v) is 7.03. The van der Waals surface area contributed by atoms with Crippen LogP contribution in [0.25, 0.3) is 11.0 Å². The third kappa shape index (κ3) is 2.79. The van der Waals surface area contributed by atoms with Crippen LogP contribution < -0.4 is 11.1 Å². The fraction of sp³-hybridized carbons (Fsp3) is 0.176. The lowest BCUT2D eigenvalue weighted by atomic mass is 10.0. The summed E-state index contributed by atoms with van der Waals surface area (Å²) in [6.07, 6.45) is 0. The molecule has 106 valence electrons. The number of para-hydroxylation sites is 2. The molecule has 21 heavy (non-hydrogen) atoms. The summed E-state index contributed by atoms with van der Waals surface area (Å²) in [7, 11) is 0. The molecule has 0 spiro atoms. The van der Waals surface area contributed by atoms with Crippen LogP contribution in [0.3, 0.4) is 0 Å². The number of nitrogen functional groups attached to an aromatic ring is 1. The fourth-order valence-electron chi connectivity index (χ4n) is 2.19. The van der Waals surface area contributed by atoms with E-state index in [1.54, 1.807) is 0 Å². The van der Waals surface area contributed by atoms with Crippen molar-refractivity contribution in [1.29, 1.82) is 0 Å². The number of anilines is 3. The zero-order valence-corrected chi connectivity index (χ0v) is 12.2. The minimum absolute atomic E-state index is 0.404. The molecule has 2 aromatic carbocycles. The van der Waals surface area contributed by atoms with Crippen molar-refractivity contribution in [3.8, 4) is 0 Å². The van der Waals surface area contributed by atoms with E-state index in [9.17, 15) is 0 Å². The van der Waals surface area contributed by atoms with Gasteiger partial charge in [0.05, 0.1) is 11.0 Å². The van der Waals surface area contributed by atoms with Crippen LogP contribution >= 0.6 is 0 Å². The van der Waals surface area contributed by atoms with Gasteiger partial charge in [-0.15, -0.1) is 0 Å². The van der Waals surface area contributed by atoms with Crippen LogP contribution in [-0.4, -0.2) is 9.97 Å². The Morgan fingerprint density at radius 3 is 2.14 bits per heavy atom. The standard InChI is InChI=1S/C17H18N4/c1-11(2)12-7-9-13(10-8-12)19-17-16(18)20-14-5-3-4-6-15(14)21-17/h3-11H,1-2H3,(H2,18,20)(H,19,21). The first-order chi connectivity index (χ1) is 10.1. The van der Waals surface area contributed by atoms with E-state index in [2.05, 4.69) is 41.3 Å². The molecule has 0 aliphatic rings. The van der Waals surface area contributed by atoms with Gasteiger partial charge in [0.15, 0.2) is 11.6 Å². The average Bonchev–Trinajstić information content (AvgIpc) is 2.48. The Bertz CT molecular complexity index is 763. The van der Waals surface area contributed by atoms with Gasteiger partial charge in [-0.1, -0.05) is 38.1 Å². The summed E-state index contributed by atoms with van der Waals surface area (Å²) in [5, 5.41) is 3.23. The number of nitrogens with zero attached hydrogens (tertiary/aromatic N) is 2. The number of hydrogen-bond donors (Lipinski definition) is 2. The molecule has 1 heterocycles. The van der Waals surface area contributed by atoms with Crippen LogP contribution in [-0.2, 0) is 0 Å². The van der Waals surface area contributed by atoms with E-state index in [-0.39, 0.29) is 0 Å². The first kappa shape index (κ1) is 13.4. The molecule has 0 amide bonds. The average molecular weight is 278 g/mol. The van der Waals surface area contributed by atoms with E-state index in [0.29, 0.717) is 17.6 Å². The summed E-state index contributed by atoms with van der Waals surface area (Å²) in [5.41, 5.74) is 9.86. The van der Waals surface area contributed by atoms with E-state index in [4.69, 9.17) is 5.73 Å². The monoisotopic (exact) mass is 278 g/mol. The van der Waals surface area contributed by atoms with Gasteiger partial charge in [-0.3, -0.25) is 0 Å². The Kier molecular flexibility index (Phi) is 3.44. The molecule has 0 atom stereocenters. The Hall–Kier alpha value is -2.62. The number of benzene rings is 2. The van der Waals surface area contributed by atoms with Crippen molar-refractivity contribution < 1.29 is 0 Å². The highest BCUT2D eigenvalue weighted by Gasteiger charge is 2.06. The number of nitrogens with one attached hydrogen (secondary N) is 1. The SMILES string of the molecule is CC(C)c1ccc(Nc2nc3ccccc3nc2N)cc1. The highest BCUT2D eigenvalue weighted by Crippen LogP contribution is 2.24. The highest BCUT2D eigenvalue weighted by atomic mass is 15.1. The number of hydrogen-bond acceptors (Lipinski definition) is 4. The van der Waals surface area contributed by atoms with Crippen molar-refractivity contribution >= 4 is 28.4 Å². The molecule has 0 aliphatic heterocycles. The molecule has 4 heteroatoms. The van der Waals surface area contributed by atoms with Crippen molar-refractivity contribution in [2.75, 3.05) is 11.1 Å². The fourth-order valence-corrected chi connectivity index (χ4v) is 2.19. The predicted molar refractivity (Wildman–Crippen MR) is 87.8 cm³/mol. The molecule has 3 rings (SSSR count). The van der Waals surface area contributed by atoms with Gasteiger partial charge in [-0.05, 0) is 35.7 Å². The van der Waals surface area contributed by atoms with Crippen molar-refractivity contribution in [1.82, 2.24) is 9.97 Å². The number of aromatic nitrogens is 2. The van der Waals surface area contributed by atoms with Crippen LogP contribution in [0.15, 0.2) is 48.5 Å². The maximum atomic E-state index is 5.98. The molecular weight excluding hydrogens is 260 g/mol. The van der Waals surface area contributed by atoms with Gasteiger partial charge in [0.1, 0.15) is 0 Å². The lowest BCUT2D eigenvalue weighted by Gasteiger charge is -2.10. The minimum Gasteiger partial charge on any atom is -0.381 e. The lowest BCUT2D eigenvalue weighted by molar-refractivity contribution is 0.867. The number of rotatable bonds is 3. The van der Waals surface area contributed by atoms with Gasteiger partial charge in [0.25, 0.3) is 0 Å². The molecule has 3 N–H and O–H groups in total. The number of nitrogens with two attached hydrogens (primary N) is 1. The van der Waals surface area contributed by atoms with Gasteiger partial charge < -0.3 is 11.1 Å². The van der Waals surface area contributed by atoms with Crippen LogP contribution in [0, 0.1) is 0 Å². The molecule has 0 bridgehead atoms. The second kappa shape index (κ2) is 5.40. The smallest absolute Gasteiger partial charge is 0.174 e. The van der Waals surface area contributed by atoms with Crippen molar-refractivity contribution in [3.05, 3.63) is 54.1 Å². The molecule has 0 saturated carbocycles. The van der Waals surface area contributed by atoms with Crippen LogP contribution in [0.2, 0.25) is 0 Å². The van der Waals surface area contributed by atoms with Gasteiger partial charge in [0, 0.05) is 5.69 Å². The van der Waals surface area contributed by atoms with Crippen molar-refractivity contribution in [3.63, 3.8) is 0 Å². The Labute approximate surface area is 124 Å². The highest BCUT2D eigenvalue weighted by molar-refractivity contribution is 5.80. The summed E-state index contributed by atoms with van der Waals surface area (Å²) in [6.45, 7) is 4.35. The lowest BCUT2D eigenvalue weighted by Crippen LogP contribution is -2.02. The molecule has 0 unspecified atom stereocenters. The summed E-state index contributed by atoms with van der Waals surface area (Å²) >= 11 is 0. The summed E-state index contributed by atoms with van der Waals surface area (Å²) < 4.78 is 0. The van der Waals surface area contributed by atoms with Crippen molar-refractivity contribution in [2.24, 2.45) is 0 Å². The van der Waals surface area contributed by atoms with E-state index in [0.717, 1.165) is 16.7 Å². The molecule has 0 saturated heterocycles. The van der Waals surface area contributed by atoms with Gasteiger partial charge >= 0.3 is 0 Å².